The molecule has 3 rings (SSSR count). The topological polar surface area (TPSA) is 66.5 Å². The highest BCUT2D eigenvalue weighted by atomic mass is 16.2. The third kappa shape index (κ3) is 3.33. The van der Waals surface area contributed by atoms with Gasteiger partial charge in [0.15, 0.2) is 0 Å². The third-order valence-electron chi connectivity index (χ3n) is 5.18. The van der Waals surface area contributed by atoms with Gasteiger partial charge in [0.1, 0.15) is 6.04 Å². The molecule has 0 aliphatic carbocycles. The Morgan fingerprint density at radius 1 is 0.893 bits per heavy atom. The molecule has 0 saturated heterocycles. The highest BCUT2D eigenvalue weighted by Gasteiger charge is 2.44. The van der Waals surface area contributed by atoms with E-state index >= 15 is 0 Å². The molecule has 146 valence electrons. The smallest absolute Gasteiger partial charge is 0.262 e. The van der Waals surface area contributed by atoms with Gasteiger partial charge < -0.3 is 5.32 Å². The number of carbonyl (C=O) groups excluding carboxylic acids is 3. The lowest BCUT2D eigenvalue weighted by molar-refractivity contribution is -0.121. The first-order chi connectivity index (χ1) is 13.2. The molecule has 5 nitrogen and oxygen atoms in total. The van der Waals surface area contributed by atoms with E-state index in [1.165, 1.54) is 0 Å². The van der Waals surface area contributed by atoms with Crippen molar-refractivity contribution in [2.24, 2.45) is 5.92 Å². The average Bonchev–Trinajstić information content (AvgIpc) is 2.89. The largest absolute Gasteiger partial charge is 0.324 e. The van der Waals surface area contributed by atoms with E-state index in [1.54, 1.807) is 24.3 Å². The summed E-state index contributed by atoms with van der Waals surface area (Å²) in [7, 11) is 0. The Balaban J connectivity index is 1.96. The normalized spacial score (nSPS) is 14.6. The molecule has 1 aliphatic heterocycles. The first-order valence-electron chi connectivity index (χ1n) is 9.61. The van der Waals surface area contributed by atoms with Crippen molar-refractivity contribution in [3.05, 3.63) is 64.7 Å². The Morgan fingerprint density at radius 2 is 1.46 bits per heavy atom. The second kappa shape index (κ2) is 7.58. The minimum absolute atomic E-state index is 0.228. The Hall–Kier alpha value is -2.95. The number of nitrogens with zero attached hydrogens (tertiary/aromatic N) is 1. The summed E-state index contributed by atoms with van der Waals surface area (Å²) in [5, 5.41) is 3.00. The van der Waals surface area contributed by atoms with Crippen molar-refractivity contribution in [2.75, 3.05) is 5.32 Å². The minimum atomic E-state index is -0.882. The Kier molecular flexibility index (Phi) is 5.36. The van der Waals surface area contributed by atoms with Gasteiger partial charge in [-0.2, -0.15) is 0 Å². The SMILES string of the molecule is Cc1cccc(C(C)C)c1NC(=O)[C@H](C(C)C)N1C(=O)c2ccccc2C1=O. The highest BCUT2D eigenvalue weighted by Crippen LogP contribution is 2.30. The number of amides is 3. The molecule has 0 bridgehead atoms. The average molecular weight is 378 g/mol. The van der Waals surface area contributed by atoms with Crippen LogP contribution in [0.3, 0.4) is 0 Å². The predicted octanol–water partition coefficient (Wildman–Crippen LogP) is 4.38. The van der Waals surface area contributed by atoms with Crippen LogP contribution in [0.4, 0.5) is 5.69 Å². The molecular formula is C23H26N2O3. The van der Waals surface area contributed by atoms with Gasteiger partial charge in [0.2, 0.25) is 5.91 Å². The summed E-state index contributed by atoms with van der Waals surface area (Å²) < 4.78 is 0. The van der Waals surface area contributed by atoms with Gasteiger partial charge in [0, 0.05) is 5.69 Å². The molecule has 1 heterocycles. The Morgan fingerprint density at radius 3 is 1.96 bits per heavy atom. The van der Waals surface area contributed by atoms with Gasteiger partial charge in [-0.25, -0.2) is 0 Å². The van der Waals surface area contributed by atoms with Crippen LogP contribution in [0.15, 0.2) is 42.5 Å². The van der Waals surface area contributed by atoms with E-state index in [2.05, 4.69) is 19.2 Å². The molecule has 5 heteroatoms. The number of para-hydroxylation sites is 1. The summed E-state index contributed by atoms with van der Waals surface area (Å²) in [4.78, 5) is 40.1. The fourth-order valence-corrected chi connectivity index (χ4v) is 3.72. The molecule has 0 unspecified atom stereocenters. The number of aryl methyl sites for hydroxylation is 1. The predicted molar refractivity (Wildman–Crippen MR) is 109 cm³/mol. The molecular weight excluding hydrogens is 352 g/mol. The zero-order valence-electron chi connectivity index (χ0n) is 16.9. The van der Waals surface area contributed by atoms with Crippen LogP contribution in [0, 0.1) is 12.8 Å². The van der Waals surface area contributed by atoms with E-state index in [0.717, 1.165) is 21.7 Å². The Bertz CT molecular complexity index is 912. The summed E-state index contributed by atoms with van der Waals surface area (Å²) >= 11 is 0. The number of imide groups is 1. The van der Waals surface area contributed by atoms with Crippen LogP contribution in [0.1, 0.15) is 65.5 Å². The quantitative estimate of drug-likeness (QED) is 0.785. The number of benzene rings is 2. The van der Waals surface area contributed by atoms with Gasteiger partial charge in [-0.3, -0.25) is 19.3 Å². The van der Waals surface area contributed by atoms with Crippen molar-refractivity contribution >= 4 is 23.4 Å². The van der Waals surface area contributed by atoms with Crippen LogP contribution in [0.5, 0.6) is 0 Å². The fourth-order valence-electron chi connectivity index (χ4n) is 3.72. The van der Waals surface area contributed by atoms with E-state index in [4.69, 9.17) is 0 Å². The zero-order valence-corrected chi connectivity index (χ0v) is 16.9. The first kappa shape index (κ1) is 19.8. The second-order valence-electron chi connectivity index (χ2n) is 7.90. The van der Waals surface area contributed by atoms with Crippen molar-refractivity contribution in [1.82, 2.24) is 4.90 Å². The van der Waals surface area contributed by atoms with E-state index in [-0.39, 0.29) is 17.7 Å². The summed E-state index contributed by atoms with van der Waals surface area (Å²) in [6.45, 7) is 9.75. The molecule has 0 fully saturated rings. The van der Waals surface area contributed by atoms with Crippen LogP contribution in [0.2, 0.25) is 0 Å². The number of nitrogens with one attached hydrogen (secondary N) is 1. The zero-order chi connectivity index (χ0) is 20.6. The number of anilines is 1. The van der Waals surface area contributed by atoms with Crippen LogP contribution in [-0.4, -0.2) is 28.7 Å². The van der Waals surface area contributed by atoms with E-state index in [0.29, 0.717) is 11.1 Å². The van der Waals surface area contributed by atoms with E-state index in [1.807, 2.05) is 39.0 Å². The van der Waals surface area contributed by atoms with E-state index < -0.39 is 17.9 Å². The number of rotatable bonds is 5. The molecule has 0 spiro atoms. The second-order valence-corrected chi connectivity index (χ2v) is 7.90. The summed E-state index contributed by atoms with van der Waals surface area (Å²) in [6.07, 6.45) is 0. The summed E-state index contributed by atoms with van der Waals surface area (Å²) in [5.41, 5.74) is 3.43. The van der Waals surface area contributed by atoms with Crippen LogP contribution >= 0.6 is 0 Å². The monoisotopic (exact) mass is 378 g/mol. The molecule has 2 aromatic carbocycles. The lowest BCUT2D eigenvalue weighted by Gasteiger charge is -2.29. The number of hydrogen-bond donors (Lipinski definition) is 1. The number of carbonyl (C=O) groups is 3. The Labute approximate surface area is 165 Å². The molecule has 0 saturated carbocycles. The molecule has 1 N–H and O–H groups in total. The molecule has 0 radical (unpaired) electrons. The van der Waals surface area contributed by atoms with Gasteiger partial charge in [-0.05, 0) is 42.0 Å². The highest BCUT2D eigenvalue weighted by molar-refractivity contribution is 6.23. The number of fused-ring (bicyclic) bond motifs is 1. The molecule has 0 aromatic heterocycles. The van der Waals surface area contributed by atoms with Gasteiger partial charge in [-0.15, -0.1) is 0 Å². The third-order valence-corrected chi connectivity index (χ3v) is 5.18. The van der Waals surface area contributed by atoms with Crippen molar-refractivity contribution in [3.63, 3.8) is 0 Å². The molecule has 1 atom stereocenters. The molecule has 1 aliphatic rings. The van der Waals surface area contributed by atoms with Gasteiger partial charge in [0.25, 0.3) is 11.8 Å². The minimum Gasteiger partial charge on any atom is -0.324 e. The molecule has 28 heavy (non-hydrogen) atoms. The summed E-state index contributed by atoms with van der Waals surface area (Å²) in [5.74, 6) is -1.17. The van der Waals surface area contributed by atoms with Gasteiger partial charge >= 0.3 is 0 Å². The van der Waals surface area contributed by atoms with Crippen molar-refractivity contribution in [3.8, 4) is 0 Å². The summed E-state index contributed by atoms with van der Waals surface area (Å²) in [6, 6.07) is 11.7. The molecule has 3 amide bonds. The first-order valence-corrected chi connectivity index (χ1v) is 9.61. The maximum atomic E-state index is 13.3. The van der Waals surface area contributed by atoms with E-state index in [9.17, 15) is 14.4 Å². The molecule has 2 aromatic rings. The van der Waals surface area contributed by atoms with Gasteiger partial charge in [-0.1, -0.05) is 58.0 Å². The van der Waals surface area contributed by atoms with Crippen molar-refractivity contribution in [1.29, 1.82) is 0 Å². The van der Waals surface area contributed by atoms with Gasteiger partial charge in [0.05, 0.1) is 11.1 Å². The lowest BCUT2D eigenvalue weighted by Crippen LogP contribution is -2.50. The van der Waals surface area contributed by atoms with Crippen LogP contribution in [-0.2, 0) is 4.79 Å². The van der Waals surface area contributed by atoms with Crippen molar-refractivity contribution < 1.29 is 14.4 Å². The fraction of sp³-hybridized carbons (Fsp3) is 0.348. The van der Waals surface area contributed by atoms with Crippen LogP contribution < -0.4 is 5.32 Å². The lowest BCUT2D eigenvalue weighted by atomic mass is 9.96. The standard InChI is InChI=1S/C23H26N2O3/c1-13(2)16-12-8-9-15(5)19(16)24-21(26)20(14(3)4)25-22(27)17-10-6-7-11-18(17)23(25)28/h6-14,20H,1-5H3,(H,24,26)/t20-/m0/s1. The van der Waals surface area contributed by atoms with Crippen LogP contribution in [0.25, 0.3) is 0 Å². The van der Waals surface area contributed by atoms with Crippen molar-refractivity contribution in [2.45, 2.75) is 46.6 Å². The maximum absolute atomic E-state index is 13.3. The maximum Gasteiger partial charge on any atom is 0.262 e. The number of hydrogen-bond acceptors (Lipinski definition) is 3.